The van der Waals surface area contributed by atoms with Gasteiger partial charge in [-0.3, -0.25) is 0 Å². The van der Waals surface area contributed by atoms with Gasteiger partial charge in [-0.25, -0.2) is 0 Å². The summed E-state index contributed by atoms with van der Waals surface area (Å²) in [5.41, 5.74) is 3.77. The molecule has 0 radical (unpaired) electrons. The number of hydrogen-bond donors (Lipinski definition) is 0. The average Bonchev–Trinajstić information content (AvgIpc) is 2.89. The minimum absolute atomic E-state index is 0.717. The van der Waals surface area contributed by atoms with Gasteiger partial charge in [0, 0.05) is 32.7 Å². The van der Waals surface area contributed by atoms with Gasteiger partial charge in [0.2, 0.25) is 0 Å². The Balaban J connectivity index is 1.49. The Hall–Kier alpha value is -1.65. The number of likely N-dealkylation sites (N-methyl/N-ethyl adjacent to an activating group) is 1. The van der Waals surface area contributed by atoms with Gasteiger partial charge in [0.25, 0.3) is 0 Å². The first-order valence-corrected chi connectivity index (χ1v) is 10.2. The Morgan fingerprint density at radius 3 is 2.58 bits per heavy atom. The van der Waals surface area contributed by atoms with Crippen molar-refractivity contribution in [3.05, 3.63) is 41.5 Å². The number of rotatable bonds is 6. The first-order chi connectivity index (χ1) is 12.8. The highest BCUT2D eigenvalue weighted by molar-refractivity contribution is 6.03. The van der Waals surface area contributed by atoms with E-state index in [2.05, 4.69) is 58.4 Å². The lowest BCUT2D eigenvalue weighted by Gasteiger charge is -2.32. The maximum Gasteiger partial charge on any atom is 0.118 e. The van der Waals surface area contributed by atoms with Gasteiger partial charge in [-0.15, -0.1) is 0 Å². The molecule has 1 aromatic rings. The average molecular weight is 356 g/mol. The van der Waals surface area contributed by atoms with E-state index in [-0.39, 0.29) is 0 Å². The molecule has 1 aliphatic heterocycles. The Kier molecular flexibility index (Phi) is 7.71. The van der Waals surface area contributed by atoms with Crippen molar-refractivity contribution in [2.75, 3.05) is 46.4 Å². The molecule has 2 aliphatic rings. The molecule has 2 fully saturated rings. The molecule has 0 N–H and O–H groups in total. The van der Waals surface area contributed by atoms with Gasteiger partial charge in [-0.05, 0) is 56.4 Å². The van der Waals surface area contributed by atoms with Crippen molar-refractivity contribution in [1.29, 1.82) is 0 Å². The second-order valence-electron chi connectivity index (χ2n) is 7.51. The fraction of sp³-hybridized carbons (Fsp3) is 0.591. The molecule has 0 amide bonds. The van der Waals surface area contributed by atoms with Crippen LogP contribution in [0.4, 0.5) is 0 Å². The van der Waals surface area contributed by atoms with Crippen LogP contribution in [0.2, 0.25) is 0 Å². The first kappa shape index (κ1) is 19.1. The van der Waals surface area contributed by atoms with E-state index in [1.807, 2.05) is 0 Å². The summed E-state index contributed by atoms with van der Waals surface area (Å²) in [6.45, 7) is 6.54. The third-order valence-electron chi connectivity index (χ3n) is 5.35. The zero-order valence-corrected chi connectivity index (χ0v) is 16.2. The van der Waals surface area contributed by atoms with Crippen molar-refractivity contribution in [3.63, 3.8) is 0 Å². The van der Waals surface area contributed by atoms with E-state index in [9.17, 15) is 0 Å². The standard InChI is InChI=1S/C22H33N3O/c1-24-14-16-25(17-15-24)13-8-18-26-23-22-12-7-3-6-11-21(22)19-20-9-4-2-5-10-20/h2,4-5,9-10,19H,3,6-8,11-18H2,1H3/b21-19+,23-22+. The van der Waals surface area contributed by atoms with Crippen LogP contribution in [-0.4, -0.2) is 61.9 Å². The van der Waals surface area contributed by atoms with Crippen LogP contribution < -0.4 is 0 Å². The number of piperazine rings is 1. The second kappa shape index (κ2) is 10.5. The van der Waals surface area contributed by atoms with Crippen LogP contribution in [0.3, 0.4) is 0 Å². The largest absolute Gasteiger partial charge is 0.396 e. The van der Waals surface area contributed by atoms with E-state index >= 15 is 0 Å². The molecule has 4 nitrogen and oxygen atoms in total. The Morgan fingerprint density at radius 2 is 1.77 bits per heavy atom. The van der Waals surface area contributed by atoms with Crippen LogP contribution in [0.25, 0.3) is 6.08 Å². The van der Waals surface area contributed by atoms with Crippen LogP contribution in [0.1, 0.15) is 44.1 Å². The van der Waals surface area contributed by atoms with Crippen molar-refractivity contribution in [2.24, 2.45) is 5.16 Å². The van der Waals surface area contributed by atoms with Gasteiger partial charge < -0.3 is 14.6 Å². The van der Waals surface area contributed by atoms with Crippen molar-refractivity contribution >= 4 is 11.8 Å². The number of benzene rings is 1. The zero-order valence-electron chi connectivity index (χ0n) is 16.2. The van der Waals surface area contributed by atoms with Gasteiger partial charge in [0.15, 0.2) is 0 Å². The van der Waals surface area contributed by atoms with Gasteiger partial charge in [0.1, 0.15) is 6.61 Å². The summed E-state index contributed by atoms with van der Waals surface area (Å²) < 4.78 is 0. The molecule has 1 aromatic carbocycles. The molecule has 0 unspecified atom stereocenters. The summed E-state index contributed by atoms with van der Waals surface area (Å²) in [5, 5.41) is 4.54. The quantitative estimate of drug-likeness (QED) is 0.438. The predicted octanol–water partition coefficient (Wildman–Crippen LogP) is 4.04. The van der Waals surface area contributed by atoms with E-state index in [0.29, 0.717) is 6.61 Å². The Bertz CT molecular complexity index is 589. The number of oxime groups is 1. The topological polar surface area (TPSA) is 28.1 Å². The molecule has 0 bridgehead atoms. The number of allylic oxidation sites excluding steroid dienone is 1. The smallest absolute Gasteiger partial charge is 0.118 e. The molecule has 0 atom stereocenters. The highest BCUT2D eigenvalue weighted by Crippen LogP contribution is 2.23. The summed E-state index contributed by atoms with van der Waals surface area (Å²) in [4.78, 5) is 10.6. The molecule has 26 heavy (non-hydrogen) atoms. The highest BCUT2D eigenvalue weighted by Gasteiger charge is 2.14. The Morgan fingerprint density at radius 1 is 1.00 bits per heavy atom. The van der Waals surface area contributed by atoms with Gasteiger partial charge in [-0.2, -0.15) is 0 Å². The fourth-order valence-corrected chi connectivity index (χ4v) is 3.65. The fourth-order valence-electron chi connectivity index (χ4n) is 3.65. The van der Waals surface area contributed by atoms with Crippen LogP contribution in [0, 0.1) is 0 Å². The monoisotopic (exact) mass is 355 g/mol. The van der Waals surface area contributed by atoms with Gasteiger partial charge >= 0.3 is 0 Å². The Labute approximate surface area is 158 Å². The molecule has 142 valence electrons. The third-order valence-corrected chi connectivity index (χ3v) is 5.35. The second-order valence-corrected chi connectivity index (χ2v) is 7.51. The molecule has 0 aromatic heterocycles. The van der Waals surface area contributed by atoms with E-state index in [0.717, 1.165) is 31.5 Å². The van der Waals surface area contributed by atoms with E-state index in [4.69, 9.17) is 4.84 Å². The minimum Gasteiger partial charge on any atom is -0.396 e. The maximum absolute atomic E-state index is 5.72. The number of nitrogens with zero attached hydrogens (tertiary/aromatic N) is 3. The molecule has 1 saturated carbocycles. The third kappa shape index (κ3) is 6.26. The van der Waals surface area contributed by atoms with Gasteiger partial charge in [-0.1, -0.05) is 41.9 Å². The molecule has 4 heteroatoms. The van der Waals surface area contributed by atoms with Crippen molar-refractivity contribution in [2.45, 2.75) is 38.5 Å². The van der Waals surface area contributed by atoms with E-state index in [1.54, 1.807) is 0 Å². The summed E-state index contributed by atoms with van der Waals surface area (Å²) in [7, 11) is 2.20. The molecule has 3 rings (SSSR count). The van der Waals surface area contributed by atoms with Crippen LogP contribution in [0.5, 0.6) is 0 Å². The van der Waals surface area contributed by atoms with Crippen molar-refractivity contribution < 1.29 is 4.84 Å². The van der Waals surface area contributed by atoms with Crippen molar-refractivity contribution in [3.8, 4) is 0 Å². The normalized spacial score (nSPS) is 23.3. The number of hydrogen-bond acceptors (Lipinski definition) is 4. The van der Waals surface area contributed by atoms with Crippen molar-refractivity contribution in [1.82, 2.24) is 9.80 Å². The molecular formula is C22H33N3O. The SMILES string of the molecule is CN1CCN(CCCO/N=C2\CCCCC\C2=C/c2ccccc2)CC1. The van der Waals surface area contributed by atoms with E-state index < -0.39 is 0 Å². The molecule has 1 heterocycles. The van der Waals surface area contributed by atoms with Gasteiger partial charge in [0.05, 0.1) is 5.71 Å². The zero-order chi connectivity index (χ0) is 18.0. The summed E-state index contributed by atoms with van der Waals surface area (Å²) >= 11 is 0. The lowest BCUT2D eigenvalue weighted by molar-refractivity contribution is 0.111. The first-order valence-electron chi connectivity index (χ1n) is 10.2. The van der Waals surface area contributed by atoms with E-state index in [1.165, 1.54) is 56.6 Å². The lowest BCUT2D eigenvalue weighted by atomic mass is 10.0. The lowest BCUT2D eigenvalue weighted by Crippen LogP contribution is -2.44. The van der Waals surface area contributed by atoms with Crippen LogP contribution in [-0.2, 0) is 4.84 Å². The van der Waals surface area contributed by atoms with Crippen LogP contribution in [0.15, 0.2) is 41.1 Å². The summed E-state index contributed by atoms with van der Waals surface area (Å²) in [6, 6.07) is 10.6. The molecule has 1 aliphatic carbocycles. The molecule has 1 saturated heterocycles. The minimum atomic E-state index is 0.717. The van der Waals surface area contributed by atoms with Crippen LogP contribution >= 0.6 is 0 Å². The molecule has 0 spiro atoms. The maximum atomic E-state index is 5.72. The summed E-state index contributed by atoms with van der Waals surface area (Å²) in [5.74, 6) is 0. The highest BCUT2D eigenvalue weighted by atomic mass is 16.6. The predicted molar refractivity (Wildman–Crippen MR) is 109 cm³/mol. The summed E-state index contributed by atoms with van der Waals surface area (Å²) in [6.07, 6.45) is 9.25. The molecular weight excluding hydrogens is 322 g/mol.